The molecule has 122 valence electrons. The summed E-state index contributed by atoms with van der Waals surface area (Å²) in [4.78, 5) is 14.5. The third-order valence-corrected chi connectivity index (χ3v) is 4.27. The van der Waals surface area contributed by atoms with Gasteiger partial charge in [-0.1, -0.05) is 18.2 Å². The van der Waals surface area contributed by atoms with Gasteiger partial charge in [-0.2, -0.15) is 5.10 Å². The number of morpholine rings is 1. The molecular formula is C17H20FN3O2. The van der Waals surface area contributed by atoms with Crippen LogP contribution in [0.15, 0.2) is 24.3 Å². The lowest BCUT2D eigenvalue weighted by Gasteiger charge is -2.36. The Morgan fingerprint density at radius 2 is 2.22 bits per heavy atom. The minimum absolute atomic E-state index is 0.0547. The average molecular weight is 317 g/mol. The van der Waals surface area contributed by atoms with Gasteiger partial charge in [0.25, 0.3) is 0 Å². The molecule has 1 aliphatic rings. The Labute approximate surface area is 134 Å². The Balaban J connectivity index is 1.84. The van der Waals surface area contributed by atoms with Gasteiger partial charge in [0.05, 0.1) is 31.4 Å². The van der Waals surface area contributed by atoms with Crippen LogP contribution in [0.25, 0.3) is 0 Å². The number of amides is 1. The lowest BCUT2D eigenvalue weighted by molar-refractivity contribution is -0.139. The van der Waals surface area contributed by atoms with Gasteiger partial charge < -0.3 is 9.64 Å². The van der Waals surface area contributed by atoms with Crippen LogP contribution in [0.5, 0.6) is 0 Å². The second-order valence-corrected chi connectivity index (χ2v) is 5.79. The fourth-order valence-electron chi connectivity index (χ4n) is 3.10. The van der Waals surface area contributed by atoms with E-state index in [4.69, 9.17) is 4.74 Å². The highest BCUT2D eigenvalue weighted by Gasteiger charge is 2.32. The van der Waals surface area contributed by atoms with Gasteiger partial charge >= 0.3 is 0 Å². The molecule has 3 rings (SSSR count). The highest BCUT2D eigenvalue weighted by molar-refractivity contribution is 5.79. The van der Waals surface area contributed by atoms with E-state index < -0.39 is 0 Å². The second-order valence-electron chi connectivity index (χ2n) is 5.79. The highest BCUT2D eigenvalue weighted by Crippen LogP contribution is 2.29. The molecule has 1 atom stereocenters. The number of ether oxygens (including phenoxy) is 1. The van der Waals surface area contributed by atoms with Crippen molar-refractivity contribution in [1.82, 2.24) is 15.1 Å². The number of aromatic amines is 1. The normalized spacial score (nSPS) is 18.2. The van der Waals surface area contributed by atoms with E-state index >= 15 is 0 Å². The van der Waals surface area contributed by atoms with E-state index in [1.54, 1.807) is 23.1 Å². The Kier molecular flexibility index (Phi) is 4.43. The molecule has 23 heavy (non-hydrogen) atoms. The molecule has 0 spiro atoms. The van der Waals surface area contributed by atoms with E-state index in [9.17, 15) is 9.18 Å². The molecule has 0 aliphatic carbocycles. The monoisotopic (exact) mass is 317 g/mol. The van der Waals surface area contributed by atoms with Crippen molar-refractivity contribution < 1.29 is 13.9 Å². The molecular weight excluding hydrogens is 297 g/mol. The number of hydrogen-bond acceptors (Lipinski definition) is 3. The van der Waals surface area contributed by atoms with Crippen molar-refractivity contribution in [2.45, 2.75) is 26.3 Å². The molecule has 2 aromatic rings. The second kappa shape index (κ2) is 6.50. The van der Waals surface area contributed by atoms with Crippen molar-refractivity contribution in [3.8, 4) is 0 Å². The number of H-pyrrole nitrogens is 1. The standard InChI is InChI=1S/C17H20FN3O2/c1-11-17(12(2)20-19-11)15-10-23-8-7-21(15)16(22)9-13-5-3-4-6-14(13)18/h3-6,15H,7-10H2,1-2H3,(H,19,20). The van der Waals surface area contributed by atoms with E-state index in [0.717, 1.165) is 17.0 Å². The maximum Gasteiger partial charge on any atom is 0.227 e. The summed E-state index contributed by atoms with van der Waals surface area (Å²) < 4.78 is 19.4. The molecule has 0 bridgehead atoms. The highest BCUT2D eigenvalue weighted by atomic mass is 19.1. The molecule has 1 aromatic heterocycles. The summed E-state index contributed by atoms with van der Waals surface area (Å²) in [5.74, 6) is -0.440. The van der Waals surface area contributed by atoms with Gasteiger partial charge in [0.1, 0.15) is 5.82 Å². The molecule has 1 fully saturated rings. The summed E-state index contributed by atoms with van der Waals surface area (Å²) in [6.45, 7) is 5.28. The minimum atomic E-state index is -0.346. The summed E-state index contributed by atoms with van der Waals surface area (Å²) in [5, 5.41) is 7.15. The molecule has 1 saturated heterocycles. The number of aryl methyl sites for hydroxylation is 2. The third kappa shape index (κ3) is 3.12. The Morgan fingerprint density at radius 3 is 2.91 bits per heavy atom. The average Bonchev–Trinajstić information content (AvgIpc) is 2.88. The van der Waals surface area contributed by atoms with E-state index in [1.165, 1.54) is 6.07 Å². The van der Waals surface area contributed by atoms with Crippen LogP contribution in [-0.4, -0.2) is 40.8 Å². The van der Waals surface area contributed by atoms with Crippen molar-refractivity contribution in [3.05, 3.63) is 52.6 Å². The zero-order chi connectivity index (χ0) is 16.4. The number of nitrogens with one attached hydrogen (secondary N) is 1. The van der Waals surface area contributed by atoms with E-state index in [1.807, 2.05) is 13.8 Å². The van der Waals surface area contributed by atoms with Gasteiger partial charge in [-0.3, -0.25) is 9.89 Å². The zero-order valence-electron chi connectivity index (χ0n) is 13.3. The fourth-order valence-corrected chi connectivity index (χ4v) is 3.10. The van der Waals surface area contributed by atoms with Gasteiger partial charge in [0, 0.05) is 17.8 Å². The van der Waals surface area contributed by atoms with Crippen LogP contribution in [-0.2, 0) is 16.0 Å². The van der Waals surface area contributed by atoms with E-state index in [2.05, 4.69) is 10.2 Å². The van der Waals surface area contributed by atoms with Gasteiger partial charge in [-0.25, -0.2) is 4.39 Å². The summed E-state index contributed by atoms with van der Waals surface area (Å²) >= 11 is 0. The first-order chi connectivity index (χ1) is 11.1. The Morgan fingerprint density at radius 1 is 1.43 bits per heavy atom. The van der Waals surface area contributed by atoms with Gasteiger partial charge in [0.2, 0.25) is 5.91 Å². The molecule has 0 radical (unpaired) electrons. The summed E-state index contributed by atoms with van der Waals surface area (Å²) in [6.07, 6.45) is 0.0547. The van der Waals surface area contributed by atoms with Gasteiger partial charge in [-0.15, -0.1) is 0 Å². The zero-order valence-corrected chi connectivity index (χ0v) is 13.3. The van der Waals surface area contributed by atoms with E-state index in [0.29, 0.717) is 25.3 Å². The largest absolute Gasteiger partial charge is 0.377 e. The Hall–Kier alpha value is -2.21. The third-order valence-electron chi connectivity index (χ3n) is 4.27. The topological polar surface area (TPSA) is 58.2 Å². The van der Waals surface area contributed by atoms with Gasteiger partial charge in [-0.05, 0) is 25.5 Å². The van der Waals surface area contributed by atoms with Crippen molar-refractivity contribution >= 4 is 5.91 Å². The SMILES string of the molecule is Cc1n[nH]c(C)c1C1COCCN1C(=O)Cc1ccccc1F. The first-order valence-corrected chi connectivity index (χ1v) is 7.70. The molecule has 1 N–H and O–H groups in total. The number of carbonyl (C=O) groups is 1. The predicted molar refractivity (Wildman–Crippen MR) is 83.4 cm³/mol. The number of nitrogens with zero attached hydrogens (tertiary/aromatic N) is 2. The first kappa shape index (κ1) is 15.7. The van der Waals surface area contributed by atoms with Crippen LogP contribution in [0, 0.1) is 19.7 Å². The van der Waals surface area contributed by atoms with Crippen molar-refractivity contribution in [3.63, 3.8) is 0 Å². The number of carbonyl (C=O) groups excluding carboxylic acids is 1. The van der Waals surface area contributed by atoms with Crippen LogP contribution >= 0.6 is 0 Å². The van der Waals surface area contributed by atoms with E-state index in [-0.39, 0.29) is 24.2 Å². The maximum atomic E-state index is 13.8. The maximum absolute atomic E-state index is 13.8. The van der Waals surface area contributed by atoms with Crippen molar-refractivity contribution in [2.75, 3.05) is 19.8 Å². The number of halogens is 1. The predicted octanol–water partition coefficient (Wildman–Crippen LogP) is 2.31. The summed E-state index contributed by atoms with van der Waals surface area (Å²) in [7, 11) is 0. The molecule has 1 unspecified atom stereocenters. The number of benzene rings is 1. The molecule has 1 amide bonds. The van der Waals surface area contributed by atoms with Crippen LogP contribution < -0.4 is 0 Å². The molecule has 6 heteroatoms. The lowest BCUT2D eigenvalue weighted by atomic mass is 10.0. The van der Waals surface area contributed by atoms with Crippen molar-refractivity contribution in [2.24, 2.45) is 0 Å². The number of hydrogen-bond donors (Lipinski definition) is 1. The number of aromatic nitrogens is 2. The van der Waals surface area contributed by atoms with Crippen LogP contribution in [0.2, 0.25) is 0 Å². The van der Waals surface area contributed by atoms with Gasteiger partial charge in [0.15, 0.2) is 0 Å². The molecule has 1 aliphatic heterocycles. The lowest BCUT2D eigenvalue weighted by Crippen LogP contribution is -2.44. The molecule has 5 nitrogen and oxygen atoms in total. The summed E-state index contributed by atoms with van der Waals surface area (Å²) in [6, 6.07) is 6.22. The van der Waals surface area contributed by atoms with Crippen LogP contribution in [0.1, 0.15) is 28.6 Å². The molecule has 1 aromatic carbocycles. The fraction of sp³-hybridized carbons (Fsp3) is 0.412. The minimum Gasteiger partial charge on any atom is -0.377 e. The number of rotatable bonds is 3. The Bertz CT molecular complexity index is 694. The molecule has 0 saturated carbocycles. The quantitative estimate of drug-likeness (QED) is 0.945. The summed E-state index contributed by atoms with van der Waals surface area (Å²) in [5.41, 5.74) is 3.21. The van der Waals surface area contributed by atoms with Crippen molar-refractivity contribution in [1.29, 1.82) is 0 Å². The van der Waals surface area contributed by atoms with Crippen LogP contribution in [0.3, 0.4) is 0 Å². The molecule has 2 heterocycles. The first-order valence-electron chi connectivity index (χ1n) is 7.70. The smallest absolute Gasteiger partial charge is 0.227 e. The van der Waals surface area contributed by atoms with Crippen LogP contribution in [0.4, 0.5) is 4.39 Å².